The number of likely N-dealkylation sites (tertiary alicyclic amines) is 1. The van der Waals surface area contributed by atoms with Crippen LogP contribution >= 0.6 is 0 Å². The van der Waals surface area contributed by atoms with E-state index in [1.165, 1.54) is 18.3 Å². The minimum absolute atomic E-state index is 0.198. The molecule has 3 fully saturated rings. The molecule has 34 heavy (non-hydrogen) atoms. The van der Waals surface area contributed by atoms with Crippen LogP contribution < -0.4 is 4.90 Å². The molecule has 5 rings (SSSR count). The van der Waals surface area contributed by atoms with E-state index in [0.717, 1.165) is 58.5 Å². The van der Waals surface area contributed by atoms with Gasteiger partial charge in [-0.25, -0.2) is 18.6 Å². The molecule has 1 saturated carbocycles. The molecule has 0 N–H and O–H groups in total. The van der Waals surface area contributed by atoms with Crippen molar-refractivity contribution in [3.63, 3.8) is 0 Å². The van der Waals surface area contributed by atoms with Gasteiger partial charge in [-0.1, -0.05) is 0 Å². The molecule has 2 aromatic rings. The second-order valence-corrected chi connectivity index (χ2v) is 9.79. The van der Waals surface area contributed by atoms with Gasteiger partial charge in [0.2, 0.25) is 0 Å². The first-order chi connectivity index (χ1) is 16.4. The topological polar surface area (TPSA) is 61.8 Å². The van der Waals surface area contributed by atoms with Gasteiger partial charge in [0.25, 0.3) is 0 Å². The van der Waals surface area contributed by atoms with Crippen molar-refractivity contribution >= 4 is 11.9 Å². The number of carbonyl (C=O) groups excluding carboxylic acids is 1. The Morgan fingerprint density at radius 1 is 1.15 bits per heavy atom. The Hall–Kier alpha value is -2.81. The van der Waals surface area contributed by atoms with Crippen molar-refractivity contribution in [3.8, 4) is 11.1 Å². The van der Waals surface area contributed by atoms with Crippen molar-refractivity contribution in [1.29, 1.82) is 0 Å². The number of carbonyl (C=O) groups is 1. The van der Waals surface area contributed by atoms with E-state index in [1.807, 2.05) is 11.8 Å². The summed E-state index contributed by atoms with van der Waals surface area (Å²) >= 11 is 0. The van der Waals surface area contributed by atoms with Gasteiger partial charge in [-0.15, -0.1) is 0 Å². The molecule has 9 heteroatoms. The Morgan fingerprint density at radius 2 is 1.91 bits per heavy atom. The third-order valence-corrected chi connectivity index (χ3v) is 7.55. The molecule has 1 atom stereocenters. The third-order valence-electron chi connectivity index (χ3n) is 7.55. The van der Waals surface area contributed by atoms with Crippen LogP contribution in [-0.4, -0.2) is 77.8 Å². The number of aromatic nitrogens is 2. The van der Waals surface area contributed by atoms with E-state index in [9.17, 15) is 13.6 Å². The molecule has 7 nitrogen and oxygen atoms in total. The van der Waals surface area contributed by atoms with Crippen molar-refractivity contribution in [2.24, 2.45) is 5.41 Å². The molecule has 0 radical (unpaired) electrons. The highest BCUT2D eigenvalue weighted by atomic mass is 19.1. The Bertz CT molecular complexity index is 1070. The van der Waals surface area contributed by atoms with Gasteiger partial charge in [-0.05, 0) is 45.2 Å². The number of ether oxygens (including phenoxy) is 1. The Kier molecular flexibility index (Phi) is 6.14. The summed E-state index contributed by atoms with van der Waals surface area (Å²) in [6.45, 7) is 8.77. The summed E-state index contributed by atoms with van der Waals surface area (Å²) < 4.78 is 33.3. The van der Waals surface area contributed by atoms with E-state index in [2.05, 4.69) is 19.8 Å². The Labute approximate surface area is 198 Å². The number of amides is 1. The minimum Gasteiger partial charge on any atom is -0.450 e. The molecule has 0 unspecified atom stereocenters. The zero-order valence-electron chi connectivity index (χ0n) is 19.8. The van der Waals surface area contributed by atoms with Crippen LogP contribution in [0.15, 0.2) is 24.5 Å². The number of hydrogen-bond donors (Lipinski definition) is 0. The van der Waals surface area contributed by atoms with Gasteiger partial charge in [0.15, 0.2) is 0 Å². The normalized spacial score (nSPS) is 22.2. The van der Waals surface area contributed by atoms with Crippen molar-refractivity contribution in [2.45, 2.75) is 39.2 Å². The molecule has 0 aromatic carbocycles. The van der Waals surface area contributed by atoms with E-state index in [1.54, 1.807) is 13.1 Å². The lowest BCUT2D eigenvalue weighted by Gasteiger charge is -2.48. The van der Waals surface area contributed by atoms with Crippen LogP contribution in [0, 0.1) is 24.0 Å². The summed E-state index contributed by atoms with van der Waals surface area (Å²) in [4.78, 5) is 26.9. The van der Waals surface area contributed by atoms with Crippen molar-refractivity contribution in [3.05, 3.63) is 41.9 Å². The molecule has 2 aromatic heterocycles. The number of nitrogens with zero attached hydrogens (tertiary/aromatic N) is 5. The predicted octanol–water partition coefficient (Wildman–Crippen LogP) is 3.86. The fraction of sp³-hybridized carbons (Fsp3) is 0.560. The molecule has 4 heterocycles. The number of pyridine rings is 2. The third kappa shape index (κ3) is 4.33. The smallest absolute Gasteiger partial charge is 0.409 e. The molecule has 1 spiro atoms. The highest BCUT2D eigenvalue weighted by Gasteiger charge is 2.51. The van der Waals surface area contributed by atoms with Crippen molar-refractivity contribution in [2.75, 3.05) is 50.8 Å². The van der Waals surface area contributed by atoms with Crippen LogP contribution in [0.5, 0.6) is 0 Å². The quantitative estimate of drug-likeness (QED) is 0.675. The predicted molar refractivity (Wildman–Crippen MR) is 125 cm³/mol. The maximum Gasteiger partial charge on any atom is 0.409 e. The first kappa shape index (κ1) is 23.0. The fourth-order valence-electron chi connectivity index (χ4n) is 5.73. The molecule has 1 amide bonds. The van der Waals surface area contributed by atoms with Gasteiger partial charge in [-0.2, -0.15) is 0 Å². The van der Waals surface area contributed by atoms with Gasteiger partial charge in [0.05, 0.1) is 18.5 Å². The van der Waals surface area contributed by atoms with Crippen LogP contribution in [0.1, 0.15) is 31.9 Å². The minimum atomic E-state index is -0.452. The van der Waals surface area contributed by atoms with Crippen LogP contribution in [0.3, 0.4) is 0 Å². The lowest BCUT2D eigenvalue weighted by atomic mass is 9.78. The first-order valence-electron chi connectivity index (χ1n) is 12.1. The summed E-state index contributed by atoms with van der Waals surface area (Å²) in [5, 5.41) is 0. The summed E-state index contributed by atoms with van der Waals surface area (Å²) in [7, 11) is 0. The molecule has 1 aliphatic carbocycles. The Morgan fingerprint density at radius 3 is 2.62 bits per heavy atom. The molecule has 182 valence electrons. The standard InChI is InChI=1S/C25H31F2N5O2/c1-3-34-24(33)32-15-25(16-32)5-4-20(12-25)30-6-8-31(9-7-30)23-21(11-19(26)14-29-23)18-10-22(27)17(2)28-13-18/h10-11,13-14,20H,3-9,12,15-16H2,1-2H3/t20-/m1/s1. The second kappa shape index (κ2) is 9.09. The van der Waals surface area contributed by atoms with E-state index in [4.69, 9.17) is 4.74 Å². The monoisotopic (exact) mass is 471 g/mol. The highest BCUT2D eigenvalue weighted by Crippen LogP contribution is 2.47. The summed E-state index contributed by atoms with van der Waals surface area (Å²) in [5.41, 5.74) is 1.65. The number of rotatable bonds is 4. The average molecular weight is 472 g/mol. The molecule has 3 aliphatic rings. The van der Waals surface area contributed by atoms with Crippen molar-refractivity contribution in [1.82, 2.24) is 19.8 Å². The lowest BCUT2D eigenvalue weighted by Crippen LogP contribution is -2.58. The number of anilines is 1. The largest absolute Gasteiger partial charge is 0.450 e. The SMILES string of the molecule is CCOC(=O)N1CC2(CC[C@@H](N3CCN(c4ncc(F)cc4-c4cnc(C)c(F)c4)CC3)C2)C1. The van der Waals surface area contributed by atoms with Gasteiger partial charge >= 0.3 is 6.09 Å². The number of halogens is 2. The van der Waals surface area contributed by atoms with E-state index in [-0.39, 0.29) is 11.5 Å². The van der Waals surface area contributed by atoms with Gasteiger partial charge in [-0.3, -0.25) is 9.88 Å². The zero-order chi connectivity index (χ0) is 23.9. The summed E-state index contributed by atoms with van der Waals surface area (Å²) in [6.07, 6.45) is 5.99. The van der Waals surface area contributed by atoms with Gasteiger partial charge in [0.1, 0.15) is 17.5 Å². The number of hydrogen-bond acceptors (Lipinski definition) is 6. The average Bonchev–Trinajstić information content (AvgIpc) is 3.26. The van der Waals surface area contributed by atoms with Crippen LogP contribution in [0.2, 0.25) is 0 Å². The van der Waals surface area contributed by atoms with E-state index >= 15 is 0 Å². The van der Waals surface area contributed by atoms with Crippen LogP contribution in [0.4, 0.5) is 19.4 Å². The lowest BCUT2D eigenvalue weighted by molar-refractivity contribution is -0.00294. The Balaban J connectivity index is 1.22. The van der Waals surface area contributed by atoms with Gasteiger partial charge < -0.3 is 14.5 Å². The molecule has 0 bridgehead atoms. The van der Waals surface area contributed by atoms with Crippen LogP contribution in [-0.2, 0) is 4.74 Å². The van der Waals surface area contributed by atoms with Crippen molar-refractivity contribution < 1.29 is 18.3 Å². The first-order valence-corrected chi connectivity index (χ1v) is 12.1. The van der Waals surface area contributed by atoms with Crippen LogP contribution in [0.25, 0.3) is 11.1 Å². The number of piperazine rings is 1. The fourth-order valence-corrected chi connectivity index (χ4v) is 5.73. The molecular weight excluding hydrogens is 440 g/mol. The molecular formula is C25H31F2N5O2. The summed E-state index contributed by atoms with van der Waals surface area (Å²) in [6, 6.07) is 3.32. The van der Waals surface area contributed by atoms with E-state index in [0.29, 0.717) is 35.3 Å². The summed E-state index contributed by atoms with van der Waals surface area (Å²) in [5.74, 6) is -0.199. The zero-order valence-corrected chi connectivity index (χ0v) is 19.8. The maximum atomic E-state index is 14.1. The second-order valence-electron chi connectivity index (χ2n) is 9.79. The maximum absolute atomic E-state index is 14.1. The molecule has 2 aliphatic heterocycles. The van der Waals surface area contributed by atoms with Gasteiger partial charge in [0, 0.05) is 68.0 Å². The molecule has 2 saturated heterocycles. The van der Waals surface area contributed by atoms with E-state index < -0.39 is 11.6 Å². The highest BCUT2D eigenvalue weighted by molar-refractivity contribution is 5.75. The number of aryl methyl sites for hydroxylation is 1.